The van der Waals surface area contributed by atoms with Crippen molar-refractivity contribution in [2.75, 3.05) is 13.2 Å². The molecule has 0 saturated carbocycles. The molecule has 8 nitrogen and oxygen atoms in total. The lowest BCUT2D eigenvalue weighted by atomic mass is 9.78. The largest absolute Gasteiger partial charge is 0.507 e. The van der Waals surface area contributed by atoms with Gasteiger partial charge in [-0.05, 0) is 29.9 Å². The summed E-state index contributed by atoms with van der Waals surface area (Å²) in [5.41, 5.74) is 2.46. The maximum Gasteiger partial charge on any atom is 0.408 e. The fourth-order valence-electron chi connectivity index (χ4n) is 2.99. The van der Waals surface area contributed by atoms with Crippen molar-refractivity contribution in [1.82, 2.24) is 10.5 Å². The Morgan fingerprint density at radius 3 is 2.13 bits per heavy atom. The minimum absolute atomic E-state index is 0.141. The Balaban J connectivity index is 2.18. The van der Waals surface area contributed by atoms with Crippen LogP contribution in [0.1, 0.15) is 65.4 Å². The van der Waals surface area contributed by atoms with E-state index < -0.39 is 12.1 Å². The summed E-state index contributed by atoms with van der Waals surface area (Å²) in [6.45, 7) is 13.7. The molecule has 8 heteroatoms. The van der Waals surface area contributed by atoms with E-state index in [0.29, 0.717) is 11.5 Å². The Bertz CT molecular complexity index is 899. The number of phenols is 1. The molecule has 1 amide bonds. The van der Waals surface area contributed by atoms with Gasteiger partial charge in [0.2, 0.25) is 0 Å². The van der Waals surface area contributed by atoms with Gasteiger partial charge in [-0.1, -0.05) is 46.7 Å². The normalized spacial score (nSPS) is 11.8. The first-order chi connectivity index (χ1) is 14.3. The standard InChI is InChI=1S/C23H32N2O6/c1-8-29-19(26)12-24-21(28)30-13-15-11-18(25-31-15)14-9-16(22(2,3)4)20(27)17(10-14)23(5,6)7/h9-11,27H,8,12-13H2,1-7H3,(H,24,28). The summed E-state index contributed by atoms with van der Waals surface area (Å²) in [4.78, 5) is 23.0. The minimum atomic E-state index is -0.763. The van der Waals surface area contributed by atoms with Crippen LogP contribution in [-0.4, -0.2) is 35.5 Å². The molecule has 0 fully saturated rings. The summed E-state index contributed by atoms with van der Waals surface area (Å²) in [5, 5.41) is 17.3. The lowest BCUT2D eigenvalue weighted by Gasteiger charge is -2.28. The van der Waals surface area contributed by atoms with E-state index in [0.717, 1.165) is 16.7 Å². The number of phenolic OH excluding ortho intramolecular Hbond substituents is 1. The van der Waals surface area contributed by atoms with Crippen molar-refractivity contribution < 1.29 is 28.7 Å². The summed E-state index contributed by atoms with van der Waals surface area (Å²) >= 11 is 0. The van der Waals surface area contributed by atoms with Gasteiger partial charge < -0.3 is 24.4 Å². The summed E-state index contributed by atoms with van der Waals surface area (Å²) in [7, 11) is 0. The number of alkyl carbamates (subject to hydrolysis) is 1. The van der Waals surface area contributed by atoms with Gasteiger partial charge in [0.1, 0.15) is 18.0 Å². The minimum Gasteiger partial charge on any atom is -0.507 e. The number of amides is 1. The number of carbonyl (C=O) groups is 2. The lowest BCUT2D eigenvalue weighted by molar-refractivity contribution is -0.141. The maximum absolute atomic E-state index is 11.7. The van der Waals surface area contributed by atoms with Crippen molar-refractivity contribution in [1.29, 1.82) is 0 Å². The number of ether oxygens (including phenoxy) is 2. The number of aromatic nitrogens is 1. The van der Waals surface area contributed by atoms with Crippen molar-refractivity contribution in [2.45, 2.75) is 65.9 Å². The molecule has 2 rings (SSSR count). The van der Waals surface area contributed by atoms with Crippen molar-refractivity contribution in [3.05, 3.63) is 35.1 Å². The summed E-state index contributed by atoms with van der Waals surface area (Å²) in [5.74, 6) is 0.0936. The number of rotatable bonds is 6. The van der Waals surface area contributed by atoms with Gasteiger partial charge in [0, 0.05) is 22.8 Å². The number of aromatic hydroxyl groups is 1. The van der Waals surface area contributed by atoms with Gasteiger partial charge >= 0.3 is 12.1 Å². The zero-order valence-electron chi connectivity index (χ0n) is 19.3. The van der Waals surface area contributed by atoms with Crippen LogP contribution in [0, 0.1) is 0 Å². The number of hydrogen-bond acceptors (Lipinski definition) is 7. The number of esters is 1. The molecule has 0 bridgehead atoms. The maximum atomic E-state index is 11.7. The van der Waals surface area contributed by atoms with Crippen molar-refractivity contribution in [3.63, 3.8) is 0 Å². The van der Waals surface area contributed by atoms with Crippen LogP contribution in [0.25, 0.3) is 11.3 Å². The van der Waals surface area contributed by atoms with E-state index >= 15 is 0 Å². The molecule has 2 aromatic rings. The van der Waals surface area contributed by atoms with E-state index in [-0.39, 0.29) is 36.3 Å². The second-order valence-electron chi connectivity index (χ2n) is 9.33. The zero-order chi connectivity index (χ0) is 23.4. The summed E-state index contributed by atoms with van der Waals surface area (Å²) in [6.07, 6.45) is -0.763. The van der Waals surface area contributed by atoms with E-state index in [1.165, 1.54) is 0 Å². The highest BCUT2D eigenvalue weighted by atomic mass is 16.6. The van der Waals surface area contributed by atoms with Gasteiger partial charge in [0.15, 0.2) is 12.4 Å². The average Bonchev–Trinajstić information content (AvgIpc) is 3.12. The van der Waals surface area contributed by atoms with Crippen molar-refractivity contribution in [3.8, 4) is 17.0 Å². The van der Waals surface area contributed by atoms with E-state index in [2.05, 4.69) is 10.5 Å². The Morgan fingerprint density at radius 1 is 1.03 bits per heavy atom. The fourth-order valence-corrected chi connectivity index (χ4v) is 2.99. The van der Waals surface area contributed by atoms with Crippen LogP contribution < -0.4 is 5.32 Å². The van der Waals surface area contributed by atoms with Gasteiger partial charge in [-0.2, -0.15) is 0 Å². The molecule has 1 aromatic carbocycles. The summed E-state index contributed by atoms with van der Waals surface area (Å²) < 4.78 is 15.1. The number of benzene rings is 1. The number of nitrogens with one attached hydrogen (secondary N) is 1. The van der Waals surface area contributed by atoms with Crippen molar-refractivity contribution in [2.24, 2.45) is 0 Å². The second kappa shape index (κ2) is 9.41. The topological polar surface area (TPSA) is 111 Å². The Labute approximate surface area is 182 Å². The Morgan fingerprint density at radius 2 is 1.61 bits per heavy atom. The van der Waals surface area contributed by atoms with Crippen LogP contribution in [0.4, 0.5) is 4.79 Å². The SMILES string of the molecule is CCOC(=O)CNC(=O)OCc1cc(-c2cc(C(C)(C)C)c(O)c(C(C)(C)C)c2)no1. The van der Waals surface area contributed by atoms with Crippen LogP contribution in [0.15, 0.2) is 22.7 Å². The van der Waals surface area contributed by atoms with E-state index in [4.69, 9.17) is 14.0 Å². The third-order valence-corrected chi connectivity index (χ3v) is 4.61. The first-order valence-electron chi connectivity index (χ1n) is 10.2. The van der Waals surface area contributed by atoms with Crippen LogP contribution in [0.5, 0.6) is 5.75 Å². The molecular formula is C23H32N2O6. The third-order valence-electron chi connectivity index (χ3n) is 4.61. The molecule has 0 atom stereocenters. The van der Waals surface area contributed by atoms with E-state index in [9.17, 15) is 14.7 Å². The molecule has 2 N–H and O–H groups in total. The average molecular weight is 433 g/mol. The van der Waals surface area contributed by atoms with E-state index in [1.54, 1.807) is 13.0 Å². The van der Waals surface area contributed by atoms with Crippen LogP contribution >= 0.6 is 0 Å². The smallest absolute Gasteiger partial charge is 0.408 e. The van der Waals surface area contributed by atoms with E-state index in [1.807, 2.05) is 53.7 Å². The quantitative estimate of drug-likeness (QED) is 0.650. The first-order valence-corrected chi connectivity index (χ1v) is 10.2. The zero-order valence-corrected chi connectivity index (χ0v) is 19.3. The molecule has 0 aliphatic rings. The molecule has 1 aromatic heterocycles. The highest BCUT2D eigenvalue weighted by Gasteiger charge is 2.27. The molecule has 0 radical (unpaired) electrons. The molecule has 170 valence electrons. The third kappa shape index (κ3) is 6.47. The van der Waals surface area contributed by atoms with Gasteiger partial charge in [-0.25, -0.2) is 4.79 Å². The predicted molar refractivity (Wildman–Crippen MR) is 116 cm³/mol. The van der Waals surface area contributed by atoms with Gasteiger partial charge in [0.05, 0.1) is 6.61 Å². The number of hydrogen-bond donors (Lipinski definition) is 2. The van der Waals surface area contributed by atoms with Gasteiger partial charge in [-0.3, -0.25) is 4.79 Å². The van der Waals surface area contributed by atoms with Gasteiger partial charge in [0.25, 0.3) is 0 Å². The fraction of sp³-hybridized carbons (Fsp3) is 0.522. The molecule has 31 heavy (non-hydrogen) atoms. The Hall–Kier alpha value is -3.03. The number of carbonyl (C=O) groups excluding carboxylic acids is 2. The van der Waals surface area contributed by atoms with Crippen LogP contribution in [-0.2, 0) is 31.7 Å². The van der Waals surface area contributed by atoms with Crippen LogP contribution in [0.2, 0.25) is 0 Å². The summed E-state index contributed by atoms with van der Waals surface area (Å²) in [6, 6.07) is 5.49. The molecule has 0 unspecified atom stereocenters. The highest BCUT2D eigenvalue weighted by molar-refractivity contribution is 5.77. The molecule has 1 heterocycles. The Kier molecular flexibility index (Phi) is 7.36. The molecule has 0 aliphatic heterocycles. The predicted octanol–water partition coefficient (Wildman–Crippen LogP) is 4.43. The second-order valence-corrected chi connectivity index (χ2v) is 9.33. The first kappa shape index (κ1) is 24.2. The lowest BCUT2D eigenvalue weighted by Crippen LogP contribution is -2.31. The van der Waals surface area contributed by atoms with Crippen LogP contribution in [0.3, 0.4) is 0 Å². The molecule has 0 spiro atoms. The number of nitrogens with zero attached hydrogens (tertiary/aromatic N) is 1. The highest BCUT2D eigenvalue weighted by Crippen LogP contribution is 2.41. The van der Waals surface area contributed by atoms with Gasteiger partial charge in [-0.15, -0.1) is 0 Å². The molecular weight excluding hydrogens is 400 g/mol. The molecule has 0 saturated heterocycles. The monoisotopic (exact) mass is 432 g/mol. The molecule has 0 aliphatic carbocycles. The van der Waals surface area contributed by atoms with Crippen molar-refractivity contribution >= 4 is 12.1 Å².